The highest BCUT2D eigenvalue weighted by Crippen LogP contribution is 2.16. The summed E-state index contributed by atoms with van der Waals surface area (Å²) in [5.41, 5.74) is 1.19. The Morgan fingerprint density at radius 2 is 1.92 bits per heavy atom. The maximum absolute atomic E-state index is 12.1. The molecule has 0 bridgehead atoms. The number of carbonyl (C=O) groups is 1. The topological polar surface area (TPSA) is 72.0 Å². The third-order valence-corrected chi connectivity index (χ3v) is 4.11. The lowest BCUT2D eigenvalue weighted by atomic mass is 10.1. The lowest BCUT2D eigenvalue weighted by Gasteiger charge is -2.13. The van der Waals surface area contributed by atoms with E-state index in [9.17, 15) is 9.59 Å². The second-order valence-electron chi connectivity index (χ2n) is 5.40. The third-order valence-electron chi connectivity index (χ3n) is 3.59. The maximum Gasteiger partial charge on any atom is 0.310 e. The summed E-state index contributed by atoms with van der Waals surface area (Å²) >= 11 is 3.35. The van der Waals surface area contributed by atoms with Crippen LogP contribution in [0, 0.1) is 0 Å². The fourth-order valence-corrected chi connectivity index (χ4v) is 2.62. The van der Waals surface area contributed by atoms with Crippen LogP contribution in [-0.2, 0) is 16.0 Å². The Kier molecular flexibility index (Phi) is 4.76. The first kappa shape index (κ1) is 16.4. The number of rotatable bonds is 4. The highest BCUT2D eigenvalue weighted by atomic mass is 79.9. The zero-order valence-corrected chi connectivity index (χ0v) is 14.5. The molecule has 0 aliphatic heterocycles. The molecule has 1 heterocycles. The minimum absolute atomic E-state index is 0.162. The van der Waals surface area contributed by atoms with Crippen LogP contribution in [0.2, 0.25) is 0 Å². The van der Waals surface area contributed by atoms with Crippen LogP contribution in [-0.4, -0.2) is 15.9 Å². The Hall–Kier alpha value is -2.47. The van der Waals surface area contributed by atoms with Crippen molar-refractivity contribution >= 4 is 32.8 Å². The number of aromatic amines is 1. The molecule has 3 aromatic rings. The van der Waals surface area contributed by atoms with Gasteiger partial charge in [-0.1, -0.05) is 40.2 Å². The van der Waals surface area contributed by atoms with E-state index in [2.05, 4.69) is 25.9 Å². The molecular formula is C18H15BrN2O3. The summed E-state index contributed by atoms with van der Waals surface area (Å²) in [6.45, 7) is 1.69. The summed E-state index contributed by atoms with van der Waals surface area (Å²) in [4.78, 5) is 31.2. The van der Waals surface area contributed by atoms with Gasteiger partial charge in [-0.05, 0) is 36.8 Å². The molecule has 0 aliphatic rings. The summed E-state index contributed by atoms with van der Waals surface area (Å²) < 4.78 is 6.34. The predicted molar refractivity (Wildman–Crippen MR) is 94.7 cm³/mol. The summed E-state index contributed by atoms with van der Waals surface area (Å²) in [6.07, 6.45) is -0.472. The van der Waals surface area contributed by atoms with E-state index in [1.807, 2.05) is 30.3 Å². The lowest BCUT2D eigenvalue weighted by Crippen LogP contribution is -2.18. The van der Waals surface area contributed by atoms with Crippen LogP contribution >= 0.6 is 15.9 Å². The lowest BCUT2D eigenvalue weighted by molar-refractivity contribution is -0.148. The molecule has 0 spiro atoms. The molecule has 0 fully saturated rings. The van der Waals surface area contributed by atoms with E-state index in [1.165, 1.54) is 0 Å². The first-order valence-electron chi connectivity index (χ1n) is 7.46. The Bertz CT molecular complexity index is 935. The highest BCUT2D eigenvalue weighted by molar-refractivity contribution is 9.10. The SMILES string of the molecule is CC(OC(=O)Cc1ccc(Br)cc1)c1nc2ccccc2c(=O)[nH]1. The van der Waals surface area contributed by atoms with Crippen LogP contribution in [0.3, 0.4) is 0 Å². The molecular weight excluding hydrogens is 372 g/mol. The molecule has 1 aromatic heterocycles. The van der Waals surface area contributed by atoms with Gasteiger partial charge in [-0.2, -0.15) is 0 Å². The first-order chi connectivity index (χ1) is 11.5. The molecule has 0 saturated carbocycles. The fourth-order valence-electron chi connectivity index (χ4n) is 2.36. The van der Waals surface area contributed by atoms with Gasteiger partial charge in [0.15, 0.2) is 11.9 Å². The summed E-state index contributed by atoms with van der Waals surface area (Å²) in [6, 6.07) is 14.5. The van der Waals surface area contributed by atoms with Crippen LogP contribution < -0.4 is 5.56 Å². The van der Waals surface area contributed by atoms with Crippen molar-refractivity contribution in [3.05, 3.63) is 74.7 Å². The number of halogens is 1. The van der Waals surface area contributed by atoms with Gasteiger partial charge in [-0.3, -0.25) is 9.59 Å². The van der Waals surface area contributed by atoms with E-state index in [4.69, 9.17) is 4.74 Å². The molecule has 5 nitrogen and oxygen atoms in total. The molecule has 24 heavy (non-hydrogen) atoms. The normalized spacial score (nSPS) is 12.1. The minimum Gasteiger partial charge on any atom is -0.454 e. The molecule has 1 atom stereocenters. The number of carbonyl (C=O) groups excluding carboxylic acids is 1. The first-order valence-corrected chi connectivity index (χ1v) is 8.25. The van der Waals surface area contributed by atoms with E-state index in [0.29, 0.717) is 16.7 Å². The predicted octanol–water partition coefficient (Wildman–Crippen LogP) is 3.53. The standard InChI is InChI=1S/C18H15BrN2O3/c1-11(24-16(22)10-12-6-8-13(19)9-7-12)17-20-15-5-3-2-4-14(15)18(23)21-17/h2-9,11H,10H2,1H3,(H,20,21,23). The second-order valence-corrected chi connectivity index (χ2v) is 6.32. The molecule has 2 aromatic carbocycles. The van der Waals surface area contributed by atoms with Gasteiger partial charge in [0, 0.05) is 4.47 Å². The molecule has 0 radical (unpaired) electrons. The second kappa shape index (κ2) is 6.97. The van der Waals surface area contributed by atoms with Crippen molar-refractivity contribution < 1.29 is 9.53 Å². The Labute approximate surface area is 146 Å². The maximum atomic E-state index is 12.1. The summed E-state index contributed by atoms with van der Waals surface area (Å²) in [5, 5.41) is 0.509. The number of benzene rings is 2. The number of nitrogens with one attached hydrogen (secondary N) is 1. The number of para-hydroxylation sites is 1. The van der Waals surface area contributed by atoms with Crippen molar-refractivity contribution in [1.29, 1.82) is 0 Å². The van der Waals surface area contributed by atoms with Crippen molar-refractivity contribution in [3.63, 3.8) is 0 Å². The quantitative estimate of drug-likeness (QED) is 0.696. The Morgan fingerprint density at radius 1 is 1.21 bits per heavy atom. The number of esters is 1. The molecule has 1 unspecified atom stereocenters. The zero-order valence-electron chi connectivity index (χ0n) is 13.0. The van der Waals surface area contributed by atoms with Gasteiger partial charge in [0.2, 0.25) is 0 Å². The van der Waals surface area contributed by atoms with Crippen LogP contribution in [0.1, 0.15) is 24.4 Å². The van der Waals surface area contributed by atoms with Gasteiger partial charge in [0.1, 0.15) is 0 Å². The van der Waals surface area contributed by atoms with Crippen LogP contribution in [0.25, 0.3) is 10.9 Å². The van der Waals surface area contributed by atoms with E-state index in [0.717, 1.165) is 10.0 Å². The molecule has 0 saturated heterocycles. The molecule has 122 valence electrons. The van der Waals surface area contributed by atoms with Gasteiger partial charge in [-0.15, -0.1) is 0 Å². The number of nitrogens with zero attached hydrogens (tertiary/aromatic N) is 1. The van der Waals surface area contributed by atoms with Gasteiger partial charge >= 0.3 is 5.97 Å². The third kappa shape index (κ3) is 3.71. The number of fused-ring (bicyclic) bond motifs is 1. The largest absolute Gasteiger partial charge is 0.454 e. The van der Waals surface area contributed by atoms with Gasteiger partial charge < -0.3 is 9.72 Å². The van der Waals surface area contributed by atoms with E-state index >= 15 is 0 Å². The van der Waals surface area contributed by atoms with E-state index < -0.39 is 6.10 Å². The van der Waals surface area contributed by atoms with Crippen LogP contribution in [0.4, 0.5) is 0 Å². The van der Waals surface area contributed by atoms with Crippen molar-refractivity contribution in [2.24, 2.45) is 0 Å². The molecule has 0 aliphatic carbocycles. The van der Waals surface area contributed by atoms with E-state index in [1.54, 1.807) is 25.1 Å². The number of H-pyrrole nitrogens is 1. The average Bonchev–Trinajstić information content (AvgIpc) is 2.57. The molecule has 3 rings (SSSR count). The zero-order chi connectivity index (χ0) is 17.1. The Balaban J connectivity index is 1.74. The number of hydrogen-bond acceptors (Lipinski definition) is 4. The number of aromatic nitrogens is 2. The Morgan fingerprint density at radius 3 is 2.67 bits per heavy atom. The monoisotopic (exact) mass is 386 g/mol. The molecule has 6 heteroatoms. The summed E-state index contributed by atoms with van der Waals surface area (Å²) in [5.74, 6) is -0.0384. The molecule has 1 N–H and O–H groups in total. The average molecular weight is 387 g/mol. The van der Waals surface area contributed by atoms with Gasteiger partial charge in [-0.25, -0.2) is 4.98 Å². The molecule has 0 amide bonds. The van der Waals surface area contributed by atoms with E-state index in [-0.39, 0.29) is 17.9 Å². The highest BCUT2D eigenvalue weighted by Gasteiger charge is 2.15. The minimum atomic E-state index is -0.634. The smallest absolute Gasteiger partial charge is 0.310 e. The van der Waals surface area contributed by atoms with Crippen LogP contribution in [0.15, 0.2) is 57.8 Å². The van der Waals surface area contributed by atoms with Gasteiger partial charge in [0.25, 0.3) is 5.56 Å². The van der Waals surface area contributed by atoms with Crippen molar-refractivity contribution in [2.75, 3.05) is 0 Å². The van der Waals surface area contributed by atoms with Crippen molar-refractivity contribution in [1.82, 2.24) is 9.97 Å². The van der Waals surface area contributed by atoms with Crippen molar-refractivity contribution in [2.45, 2.75) is 19.4 Å². The number of hydrogen-bond donors (Lipinski definition) is 1. The summed E-state index contributed by atoms with van der Waals surface area (Å²) in [7, 11) is 0. The van der Waals surface area contributed by atoms with Crippen LogP contribution in [0.5, 0.6) is 0 Å². The van der Waals surface area contributed by atoms with Crippen molar-refractivity contribution in [3.8, 4) is 0 Å². The fraction of sp³-hybridized carbons (Fsp3) is 0.167. The van der Waals surface area contributed by atoms with Gasteiger partial charge in [0.05, 0.1) is 17.3 Å². The number of ether oxygens (including phenoxy) is 1.